The molecule has 1 aliphatic heterocycles. The number of anilines is 1. The number of nitrogen functional groups attached to an aromatic ring is 1. The maximum atomic E-state index is 11.7. The van der Waals surface area contributed by atoms with Gasteiger partial charge in [0.1, 0.15) is 12.4 Å². The Labute approximate surface area is 203 Å². The molecular weight excluding hydrogens is 442 g/mol. The molecule has 9 heteroatoms. The number of pyridine rings is 1. The molecule has 3 aromatic heterocycles. The zero-order chi connectivity index (χ0) is 24.5. The number of carbonyl (C=O) groups is 1. The van der Waals surface area contributed by atoms with Crippen molar-refractivity contribution in [2.75, 3.05) is 18.8 Å². The summed E-state index contributed by atoms with van der Waals surface area (Å²) in [5, 5.41) is 7.47. The molecule has 178 valence electrons. The summed E-state index contributed by atoms with van der Waals surface area (Å²) in [7, 11) is 0. The van der Waals surface area contributed by atoms with Crippen LogP contribution >= 0.6 is 0 Å². The van der Waals surface area contributed by atoms with Gasteiger partial charge in [-0.05, 0) is 37.5 Å². The summed E-state index contributed by atoms with van der Waals surface area (Å²) in [4.78, 5) is 33.9. The van der Waals surface area contributed by atoms with Gasteiger partial charge < -0.3 is 10.6 Å². The van der Waals surface area contributed by atoms with Crippen molar-refractivity contribution in [1.82, 2.24) is 24.5 Å². The van der Waals surface area contributed by atoms with E-state index in [1.807, 2.05) is 48.2 Å². The second kappa shape index (κ2) is 9.25. The van der Waals surface area contributed by atoms with Crippen molar-refractivity contribution in [3.05, 3.63) is 70.5 Å². The number of hydrogen-bond acceptors (Lipinski definition) is 7. The Hall–Kier alpha value is -4.14. The van der Waals surface area contributed by atoms with Gasteiger partial charge in [0.05, 0.1) is 17.6 Å². The number of nitrogens with zero attached hydrogens (tertiary/aromatic N) is 6. The number of rotatable bonds is 5. The topological polar surface area (TPSA) is 119 Å². The molecule has 9 nitrogen and oxygen atoms in total. The fourth-order valence-corrected chi connectivity index (χ4v) is 4.81. The molecule has 4 aromatic rings. The van der Waals surface area contributed by atoms with E-state index in [2.05, 4.69) is 15.3 Å². The van der Waals surface area contributed by atoms with E-state index in [9.17, 15) is 9.70 Å². The van der Waals surface area contributed by atoms with Crippen LogP contribution in [0, 0.1) is 11.8 Å². The minimum absolute atomic E-state index is 0.115. The highest BCUT2D eigenvalue weighted by molar-refractivity contribution is 5.79. The number of piperidine rings is 1. The van der Waals surface area contributed by atoms with Crippen LogP contribution in [-0.2, 0) is 11.3 Å². The number of hydrogen-bond donors (Lipinski definition) is 1. The SMILES string of the molecule is CC(=O)N1CCC(c2nc3c(-c4ccc(-c5cccc(CN=O)c5)nc4)cnn3c(N)c2C)CC1. The summed E-state index contributed by atoms with van der Waals surface area (Å²) in [6.45, 7) is 5.20. The molecule has 1 aliphatic rings. The van der Waals surface area contributed by atoms with Crippen LogP contribution in [0.1, 0.15) is 42.5 Å². The lowest BCUT2D eigenvalue weighted by Gasteiger charge is -2.31. The third-order valence-corrected chi connectivity index (χ3v) is 6.84. The minimum Gasteiger partial charge on any atom is -0.383 e. The normalized spacial score (nSPS) is 14.4. The van der Waals surface area contributed by atoms with Crippen LogP contribution in [0.4, 0.5) is 5.82 Å². The van der Waals surface area contributed by atoms with E-state index >= 15 is 0 Å². The monoisotopic (exact) mass is 469 g/mol. The van der Waals surface area contributed by atoms with Crippen molar-refractivity contribution < 1.29 is 4.79 Å². The van der Waals surface area contributed by atoms with E-state index in [4.69, 9.17) is 10.7 Å². The number of amides is 1. The molecule has 0 spiro atoms. The average molecular weight is 470 g/mol. The lowest BCUT2D eigenvalue weighted by Crippen LogP contribution is -2.36. The molecule has 0 aliphatic carbocycles. The number of likely N-dealkylation sites (tertiary alicyclic amines) is 1. The first-order valence-corrected chi connectivity index (χ1v) is 11.7. The summed E-state index contributed by atoms with van der Waals surface area (Å²) < 4.78 is 1.68. The predicted molar refractivity (Wildman–Crippen MR) is 135 cm³/mol. The van der Waals surface area contributed by atoms with E-state index in [1.165, 1.54) is 0 Å². The number of nitroso groups, excluding NO2 is 1. The molecule has 0 bridgehead atoms. The molecular formula is C26H27N7O2. The van der Waals surface area contributed by atoms with Gasteiger partial charge in [-0.3, -0.25) is 9.78 Å². The van der Waals surface area contributed by atoms with Crippen LogP contribution in [0.3, 0.4) is 0 Å². The van der Waals surface area contributed by atoms with Gasteiger partial charge in [-0.2, -0.15) is 14.5 Å². The van der Waals surface area contributed by atoms with Gasteiger partial charge in [0.2, 0.25) is 5.91 Å². The lowest BCUT2D eigenvalue weighted by atomic mass is 9.90. The summed E-state index contributed by atoms with van der Waals surface area (Å²) in [5.74, 6) is 0.939. The van der Waals surface area contributed by atoms with E-state index in [1.54, 1.807) is 23.8 Å². The molecule has 35 heavy (non-hydrogen) atoms. The van der Waals surface area contributed by atoms with Gasteiger partial charge in [-0.1, -0.05) is 29.4 Å². The highest BCUT2D eigenvalue weighted by atomic mass is 16.3. The van der Waals surface area contributed by atoms with Crippen molar-refractivity contribution in [2.24, 2.45) is 5.18 Å². The summed E-state index contributed by atoms with van der Waals surface area (Å²) in [5.41, 5.74) is 13.4. The third-order valence-electron chi connectivity index (χ3n) is 6.84. The second-order valence-corrected chi connectivity index (χ2v) is 9.00. The fraction of sp³-hybridized carbons (Fsp3) is 0.308. The van der Waals surface area contributed by atoms with E-state index < -0.39 is 0 Å². The molecule has 0 atom stereocenters. The molecule has 1 fully saturated rings. The van der Waals surface area contributed by atoms with Gasteiger partial charge in [0, 0.05) is 54.4 Å². The smallest absolute Gasteiger partial charge is 0.219 e. The maximum absolute atomic E-state index is 11.7. The number of fused-ring (bicyclic) bond motifs is 1. The largest absolute Gasteiger partial charge is 0.383 e. The molecule has 0 unspecified atom stereocenters. The van der Waals surface area contributed by atoms with Crippen molar-refractivity contribution in [2.45, 2.75) is 39.2 Å². The molecule has 1 amide bonds. The van der Waals surface area contributed by atoms with Crippen LogP contribution in [0.25, 0.3) is 28.0 Å². The second-order valence-electron chi connectivity index (χ2n) is 9.00. The highest BCUT2D eigenvalue weighted by Gasteiger charge is 2.26. The number of nitrogens with two attached hydrogens (primary N) is 1. The first-order chi connectivity index (χ1) is 17.0. The molecule has 5 rings (SSSR count). The minimum atomic E-state index is 0.115. The van der Waals surface area contributed by atoms with Crippen molar-refractivity contribution in [1.29, 1.82) is 0 Å². The first kappa shape index (κ1) is 22.6. The number of carbonyl (C=O) groups excluding carboxylic acids is 1. The van der Waals surface area contributed by atoms with Crippen LogP contribution in [0.2, 0.25) is 0 Å². The van der Waals surface area contributed by atoms with E-state index in [0.717, 1.165) is 65.1 Å². The summed E-state index contributed by atoms with van der Waals surface area (Å²) >= 11 is 0. The Morgan fingerprint density at radius 3 is 2.63 bits per heavy atom. The number of benzene rings is 1. The molecule has 0 radical (unpaired) electrons. The Balaban J connectivity index is 1.48. The van der Waals surface area contributed by atoms with Crippen molar-refractivity contribution >= 4 is 17.4 Å². The maximum Gasteiger partial charge on any atom is 0.219 e. The zero-order valence-electron chi connectivity index (χ0n) is 19.8. The van der Waals surface area contributed by atoms with Crippen LogP contribution in [-0.4, -0.2) is 43.5 Å². The standard InChI is InChI=1S/C26H27N7O2/c1-16-24(19-8-10-32(11-9-19)17(2)34)31-26-22(15-29-33(26)25(16)27)21-6-7-23(28-14-21)20-5-3-4-18(12-20)13-30-35/h3-7,12,14-15,19H,8-11,13,27H2,1-2H3. The van der Waals surface area contributed by atoms with Gasteiger partial charge in [0.25, 0.3) is 0 Å². The van der Waals surface area contributed by atoms with Crippen molar-refractivity contribution in [3.63, 3.8) is 0 Å². The van der Waals surface area contributed by atoms with Gasteiger partial charge in [-0.25, -0.2) is 4.98 Å². The average Bonchev–Trinajstić information content (AvgIpc) is 3.31. The molecule has 2 N–H and O–H groups in total. The Bertz CT molecular complexity index is 1400. The predicted octanol–water partition coefficient (Wildman–Crippen LogP) is 4.34. The lowest BCUT2D eigenvalue weighted by molar-refractivity contribution is -0.129. The first-order valence-electron chi connectivity index (χ1n) is 11.7. The Morgan fingerprint density at radius 1 is 1.14 bits per heavy atom. The Kier molecular flexibility index (Phi) is 5.98. The molecule has 1 saturated heterocycles. The van der Waals surface area contributed by atoms with E-state index in [0.29, 0.717) is 11.5 Å². The van der Waals surface area contributed by atoms with Gasteiger partial charge >= 0.3 is 0 Å². The van der Waals surface area contributed by atoms with Gasteiger partial charge in [-0.15, -0.1) is 0 Å². The van der Waals surface area contributed by atoms with Crippen molar-refractivity contribution in [3.8, 4) is 22.4 Å². The van der Waals surface area contributed by atoms with Crippen LogP contribution in [0.5, 0.6) is 0 Å². The summed E-state index contributed by atoms with van der Waals surface area (Å²) in [6.07, 6.45) is 5.30. The molecule has 1 aromatic carbocycles. The molecule has 4 heterocycles. The quantitative estimate of drug-likeness (QED) is 0.434. The van der Waals surface area contributed by atoms with Crippen LogP contribution < -0.4 is 5.73 Å². The third kappa shape index (κ3) is 4.25. The fourth-order valence-electron chi connectivity index (χ4n) is 4.81. The van der Waals surface area contributed by atoms with E-state index in [-0.39, 0.29) is 18.4 Å². The zero-order valence-corrected chi connectivity index (χ0v) is 19.8. The molecule has 0 saturated carbocycles. The summed E-state index contributed by atoms with van der Waals surface area (Å²) in [6, 6.07) is 11.6. The highest BCUT2D eigenvalue weighted by Crippen LogP contribution is 2.34. The number of aromatic nitrogens is 4. The van der Waals surface area contributed by atoms with Crippen LogP contribution in [0.15, 0.2) is 54.0 Å². The van der Waals surface area contributed by atoms with Gasteiger partial charge in [0.15, 0.2) is 5.65 Å². The Morgan fingerprint density at radius 2 is 1.94 bits per heavy atom.